The van der Waals surface area contributed by atoms with E-state index in [1.54, 1.807) is 0 Å². The molecule has 0 aliphatic carbocycles. The lowest BCUT2D eigenvalue weighted by Crippen LogP contribution is -2.29. The summed E-state index contributed by atoms with van der Waals surface area (Å²) in [5.41, 5.74) is 2.86. The van der Waals surface area contributed by atoms with Gasteiger partial charge in [0, 0.05) is 35.3 Å². The lowest BCUT2D eigenvalue weighted by molar-refractivity contribution is 0.567. The molecule has 0 aromatic heterocycles. The zero-order valence-corrected chi connectivity index (χ0v) is 14.8. The van der Waals surface area contributed by atoms with E-state index in [-0.39, 0.29) is 0 Å². The SMILES string of the molecule is CCCNC(C)c1ccccc1N1CCSC(C)(C)CC1. The van der Waals surface area contributed by atoms with Gasteiger partial charge in [-0.15, -0.1) is 0 Å². The van der Waals surface area contributed by atoms with E-state index in [0.29, 0.717) is 10.8 Å². The molecule has 0 amide bonds. The molecule has 2 rings (SSSR count). The molecule has 1 heterocycles. The maximum Gasteiger partial charge on any atom is 0.0414 e. The number of nitrogens with zero attached hydrogens (tertiary/aromatic N) is 1. The molecule has 1 aromatic rings. The van der Waals surface area contributed by atoms with E-state index in [2.05, 4.69) is 73.9 Å². The number of hydrogen-bond acceptors (Lipinski definition) is 3. The largest absolute Gasteiger partial charge is 0.370 e. The highest BCUT2D eigenvalue weighted by Crippen LogP contribution is 2.34. The molecule has 2 nitrogen and oxygen atoms in total. The van der Waals surface area contributed by atoms with Gasteiger partial charge in [-0.25, -0.2) is 0 Å². The Morgan fingerprint density at radius 1 is 1.29 bits per heavy atom. The Labute approximate surface area is 134 Å². The molecule has 1 N–H and O–H groups in total. The van der Waals surface area contributed by atoms with E-state index in [4.69, 9.17) is 0 Å². The van der Waals surface area contributed by atoms with Crippen LogP contribution in [0.3, 0.4) is 0 Å². The molecular formula is C18H30N2S. The van der Waals surface area contributed by atoms with Crippen molar-refractivity contribution in [1.29, 1.82) is 0 Å². The quantitative estimate of drug-likeness (QED) is 0.864. The predicted octanol–water partition coefficient (Wildman–Crippen LogP) is 4.47. The molecule has 1 atom stereocenters. The van der Waals surface area contributed by atoms with E-state index in [0.717, 1.165) is 19.6 Å². The van der Waals surface area contributed by atoms with Crippen molar-refractivity contribution in [3.8, 4) is 0 Å². The Balaban J connectivity index is 2.15. The minimum atomic E-state index is 0.412. The van der Waals surface area contributed by atoms with Gasteiger partial charge < -0.3 is 10.2 Å². The fraction of sp³-hybridized carbons (Fsp3) is 0.667. The average Bonchev–Trinajstić information content (AvgIpc) is 2.65. The van der Waals surface area contributed by atoms with Crippen molar-refractivity contribution < 1.29 is 0 Å². The van der Waals surface area contributed by atoms with Crippen molar-refractivity contribution in [3.63, 3.8) is 0 Å². The Hall–Kier alpha value is -0.670. The van der Waals surface area contributed by atoms with Crippen LogP contribution in [-0.4, -0.2) is 30.1 Å². The maximum atomic E-state index is 3.63. The molecular weight excluding hydrogens is 276 g/mol. The summed E-state index contributed by atoms with van der Waals surface area (Å²) in [6, 6.07) is 9.34. The molecule has 1 fully saturated rings. The Bertz CT molecular complexity index is 445. The molecule has 1 aromatic carbocycles. The van der Waals surface area contributed by atoms with Crippen LogP contribution in [0, 0.1) is 0 Å². The van der Waals surface area contributed by atoms with E-state index >= 15 is 0 Å². The summed E-state index contributed by atoms with van der Waals surface area (Å²) in [5, 5.41) is 3.63. The topological polar surface area (TPSA) is 15.3 Å². The van der Waals surface area contributed by atoms with Crippen LogP contribution in [0.1, 0.15) is 52.1 Å². The summed E-state index contributed by atoms with van der Waals surface area (Å²) < 4.78 is 0.412. The summed E-state index contributed by atoms with van der Waals surface area (Å²) in [6.07, 6.45) is 2.43. The maximum absolute atomic E-state index is 3.63. The van der Waals surface area contributed by atoms with Crippen molar-refractivity contribution >= 4 is 17.4 Å². The van der Waals surface area contributed by atoms with Gasteiger partial charge in [-0.2, -0.15) is 11.8 Å². The first-order chi connectivity index (χ1) is 10.0. The first-order valence-electron chi connectivity index (χ1n) is 8.25. The molecule has 0 saturated carbocycles. The highest BCUT2D eigenvalue weighted by atomic mass is 32.2. The number of hydrogen-bond donors (Lipinski definition) is 1. The average molecular weight is 307 g/mol. The Morgan fingerprint density at radius 2 is 2.05 bits per heavy atom. The standard InChI is InChI=1S/C18H30N2S/c1-5-11-19-15(2)16-8-6-7-9-17(16)20-12-10-18(3,4)21-14-13-20/h6-9,15,19H,5,10-14H2,1-4H3. The van der Waals surface area contributed by atoms with Gasteiger partial charge in [-0.3, -0.25) is 0 Å². The van der Waals surface area contributed by atoms with Gasteiger partial charge in [-0.05, 0) is 37.9 Å². The fourth-order valence-electron chi connectivity index (χ4n) is 2.87. The van der Waals surface area contributed by atoms with Crippen LogP contribution in [0.5, 0.6) is 0 Å². The van der Waals surface area contributed by atoms with Crippen molar-refractivity contribution in [2.75, 3.05) is 30.3 Å². The number of para-hydroxylation sites is 1. The number of anilines is 1. The van der Waals surface area contributed by atoms with Gasteiger partial charge in [0.1, 0.15) is 0 Å². The third-order valence-electron chi connectivity index (χ3n) is 4.28. The second-order valence-corrected chi connectivity index (χ2v) is 8.38. The van der Waals surface area contributed by atoms with Crippen LogP contribution in [-0.2, 0) is 0 Å². The molecule has 0 spiro atoms. The highest BCUT2D eigenvalue weighted by molar-refractivity contribution is 8.00. The predicted molar refractivity (Wildman–Crippen MR) is 96.5 cm³/mol. The summed E-state index contributed by atoms with van der Waals surface area (Å²) in [6.45, 7) is 12.7. The zero-order chi connectivity index (χ0) is 15.3. The van der Waals surface area contributed by atoms with Crippen molar-refractivity contribution in [3.05, 3.63) is 29.8 Å². The highest BCUT2D eigenvalue weighted by Gasteiger charge is 2.25. The monoisotopic (exact) mass is 306 g/mol. The van der Waals surface area contributed by atoms with Gasteiger partial charge >= 0.3 is 0 Å². The number of rotatable bonds is 5. The normalized spacial score (nSPS) is 20.1. The van der Waals surface area contributed by atoms with Gasteiger partial charge in [-0.1, -0.05) is 39.0 Å². The summed E-state index contributed by atoms with van der Waals surface area (Å²) in [4.78, 5) is 2.58. The summed E-state index contributed by atoms with van der Waals surface area (Å²) >= 11 is 2.11. The molecule has 0 bridgehead atoms. The van der Waals surface area contributed by atoms with Gasteiger partial charge in [0.15, 0.2) is 0 Å². The van der Waals surface area contributed by atoms with Crippen molar-refractivity contribution in [1.82, 2.24) is 5.32 Å². The van der Waals surface area contributed by atoms with Gasteiger partial charge in [0.05, 0.1) is 0 Å². The molecule has 1 saturated heterocycles. The van der Waals surface area contributed by atoms with Crippen LogP contribution in [0.2, 0.25) is 0 Å². The van der Waals surface area contributed by atoms with Crippen molar-refractivity contribution in [2.45, 2.75) is 51.3 Å². The minimum Gasteiger partial charge on any atom is -0.370 e. The molecule has 3 heteroatoms. The Kier molecular flexibility index (Phi) is 6.00. The van der Waals surface area contributed by atoms with E-state index < -0.39 is 0 Å². The third kappa shape index (κ3) is 4.65. The van der Waals surface area contributed by atoms with Crippen LogP contribution < -0.4 is 10.2 Å². The van der Waals surface area contributed by atoms with Crippen LogP contribution in [0.25, 0.3) is 0 Å². The van der Waals surface area contributed by atoms with Crippen LogP contribution in [0.4, 0.5) is 5.69 Å². The second kappa shape index (κ2) is 7.55. The fourth-order valence-corrected chi connectivity index (χ4v) is 3.97. The summed E-state index contributed by atoms with van der Waals surface area (Å²) in [7, 11) is 0. The van der Waals surface area contributed by atoms with Gasteiger partial charge in [0.25, 0.3) is 0 Å². The molecule has 1 aliphatic rings. The molecule has 0 radical (unpaired) electrons. The van der Waals surface area contributed by atoms with Gasteiger partial charge in [0.2, 0.25) is 0 Å². The zero-order valence-electron chi connectivity index (χ0n) is 14.0. The first kappa shape index (κ1) is 16.7. The molecule has 118 valence electrons. The smallest absolute Gasteiger partial charge is 0.0414 e. The second-order valence-electron chi connectivity index (χ2n) is 6.58. The number of thioether (sulfide) groups is 1. The summed E-state index contributed by atoms with van der Waals surface area (Å²) in [5.74, 6) is 1.22. The third-order valence-corrected chi connectivity index (χ3v) is 5.65. The van der Waals surface area contributed by atoms with Crippen molar-refractivity contribution in [2.24, 2.45) is 0 Å². The van der Waals surface area contributed by atoms with Crippen LogP contribution in [0.15, 0.2) is 24.3 Å². The first-order valence-corrected chi connectivity index (χ1v) is 9.23. The Morgan fingerprint density at radius 3 is 2.81 bits per heavy atom. The van der Waals surface area contributed by atoms with E-state index in [1.165, 1.54) is 29.8 Å². The molecule has 21 heavy (non-hydrogen) atoms. The number of benzene rings is 1. The van der Waals surface area contributed by atoms with E-state index in [9.17, 15) is 0 Å². The lowest BCUT2D eigenvalue weighted by atomic mass is 10.0. The van der Waals surface area contributed by atoms with E-state index in [1.807, 2.05) is 0 Å². The molecule has 1 unspecified atom stereocenters. The number of nitrogens with one attached hydrogen (secondary N) is 1. The minimum absolute atomic E-state index is 0.412. The van der Waals surface area contributed by atoms with Crippen LogP contribution >= 0.6 is 11.8 Å². The lowest BCUT2D eigenvalue weighted by Gasteiger charge is -2.28. The molecule has 1 aliphatic heterocycles.